The molecule has 0 spiro atoms. The largest absolute Gasteiger partial charge is 0.497 e. The average molecular weight is 436 g/mol. The van der Waals surface area contributed by atoms with Crippen LogP contribution in [-0.4, -0.2) is 48.4 Å². The molecule has 1 aromatic heterocycles. The number of nitrogens with one attached hydrogen (secondary N) is 1. The van der Waals surface area contributed by atoms with Crippen molar-refractivity contribution in [3.05, 3.63) is 59.3 Å². The molecule has 7 nitrogen and oxygen atoms in total. The summed E-state index contributed by atoms with van der Waals surface area (Å²) in [5.41, 5.74) is 4.10. The molecule has 32 heavy (non-hydrogen) atoms. The van der Waals surface area contributed by atoms with Crippen molar-refractivity contribution >= 4 is 5.91 Å². The van der Waals surface area contributed by atoms with Gasteiger partial charge < -0.3 is 19.1 Å². The van der Waals surface area contributed by atoms with Crippen LogP contribution in [0, 0.1) is 0 Å². The highest BCUT2D eigenvalue weighted by Crippen LogP contribution is 2.44. The molecule has 0 bridgehead atoms. The Kier molecular flexibility index (Phi) is 6.35. The number of hydrogen-bond donors (Lipinski definition) is 1. The lowest BCUT2D eigenvalue weighted by molar-refractivity contribution is 0.0741. The highest BCUT2D eigenvalue weighted by molar-refractivity contribution is 6.00. The molecule has 7 heteroatoms. The van der Waals surface area contributed by atoms with Gasteiger partial charge in [0.25, 0.3) is 5.91 Å². The Bertz CT molecular complexity index is 1090. The van der Waals surface area contributed by atoms with Crippen LogP contribution in [0.2, 0.25) is 0 Å². The third-order valence-electron chi connectivity index (χ3n) is 5.78. The Morgan fingerprint density at radius 1 is 1.03 bits per heavy atom. The summed E-state index contributed by atoms with van der Waals surface area (Å²) in [6, 6.07) is 13.3. The number of H-pyrrole nitrogens is 1. The molecule has 0 saturated heterocycles. The number of methoxy groups -OCH3 is 2. The summed E-state index contributed by atoms with van der Waals surface area (Å²) in [5, 5.41) is 7.53. The van der Waals surface area contributed by atoms with Gasteiger partial charge in [0.1, 0.15) is 11.4 Å². The van der Waals surface area contributed by atoms with Crippen molar-refractivity contribution in [2.75, 3.05) is 27.4 Å². The van der Waals surface area contributed by atoms with Crippen LogP contribution in [0.5, 0.6) is 17.2 Å². The fourth-order valence-corrected chi connectivity index (χ4v) is 4.20. The molecule has 1 atom stereocenters. The zero-order chi connectivity index (χ0) is 22.7. The lowest BCUT2D eigenvalue weighted by Gasteiger charge is -2.27. The number of ether oxygens (including phenoxy) is 3. The second kappa shape index (κ2) is 9.34. The topological polar surface area (TPSA) is 76.7 Å². The number of unbranched alkanes of at least 4 members (excludes halogenated alkanes) is 1. The van der Waals surface area contributed by atoms with E-state index in [2.05, 4.69) is 17.1 Å². The molecule has 1 aliphatic heterocycles. The first-order valence-electron chi connectivity index (χ1n) is 11.0. The predicted molar refractivity (Wildman–Crippen MR) is 123 cm³/mol. The highest BCUT2D eigenvalue weighted by Gasteiger charge is 2.42. The van der Waals surface area contributed by atoms with E-state index in [1.807, 2.05) is 54.3 Å². The number of carbonyl (C=O) groups excluding carboxylic acids is 1. The van der Waals surface area contributed by atoms with Gasteiger partial charge in [-0.05, 0) is 55.3 Å². The molecule has 0 radical (unpaired) electrons. The standard InChI is InChI=1S/C25H29N3O4/c1-5-7-14-28-24(17-10-13-19(32-6-2)20(15-17)31-4)21-22(26-27-23(21)25(28)29)16-8-11-18(30-3)12-9-16/h8-13,15,24H,5-7,14H2,1-4H3,(H,26,27). The molecule has 0 saturated carbocycles. The molecular weight excluding hydrogens is 406 g/mol. The monoisotopic (exact) mass is 435 g/mol. The fourth-order valence-electron chi connectivity index (χ4n) is 4.20. The molecule has 4 rings (SSSR count). The third kappa shape index (κ3) is 3.79. The minimum Gasteiger partial charge on any atom is -0.497 e. The molecule has 168 valence electrons. The zero-order valence-electron chi connectivity index (χ0n) is 19.0. The summed E-state index contributed by atoms with van der Waals surface area (Å²) in [6.45, 7) is 5.28. The van der Waals surface area contributed by atoms with Gasteiger partial charge in [0.15, 0.2) is 11.5 Å². The van der Waals surface area contributed by atoms with Crippen LogP contribution in [0.15, 0.2) is 42.5 Å². The summed E-state index contributed by atoms with van der Waals surface area (Å²) in [7, 11) is 3.27. The molecule has 2 aromatic carbocycles. The van der Waals surface area contributed by atoms with Crippen molar-refractivity contribution in [2.24, 2.45) is 0 Å². The van der Waals surface area contributed by atoms with Gasteiger partial charge in [-0.15, -0.1) is 0 Å². The molecular formula is C25H29N3O4. The molecule has 1 unspecified atom stereocenters. The summed E-state index contributed by atoms with van der Waals surface area (Å²) < 4.78 is 16.6. The first-order chi connectivity index (χ1) is 15.6. The smallest absolute Gasteiger partial charge is 0.273 e. The van der Waals surface area contributed by atoms with E-state index in [1.165, 1.54) is 0 Å². The number of nitrogens with zero attached hydrogens (tertiary/aromatic N) is 2. The summed E-state index contributed by atoms with van der Waals surface area (Å²) >= 11 is 0. The molecule has 1 aliphatic rings. The summed E-state index contributed by atoms with van der Waals surface area (Å²) in [6.07, 6.45) is 1.92. The van der Waals surface area contributed by atoms with Crippen LogP contribution >= 0.6 is 0 Å². The molecule has 0 aliphatic carbocycles. The van der Waals surface area contributed by atoms with Gasteiger partial charge in [-0.1, -0.05) is 19.4 Å². The van der Waals surface area contributed by atoms with Gasteiger partial charge in [-0.2, -0.15) is 5.10 Å². The summed E-state index contributed by atoms with van der Waals surface area (Å²) in [4.78, 5) is 15.3. The molecule has 3 aromatic rings. The number of fused-ring (bicyclic) bond motifs is 1. The van der Waals surface area contributed by atoms with Gasteiger partial charge in [-0.25, -0.2) is 0 Å². The van der Waals surface area contributed by atoms with Crippen molar-refractivity contribution in [1.29, 1.82) is 0 Å². The first kappa shape index (κ1) is 21.7. The fraction of sp³-hybridized carbons (Fsp3) is 0.360. The van der Waals surface area contributed by atoms with E-state index in [9.17, 15) is 4.79 Å². The van der Waals surface area contributed by atoms with Gasteiger partial charge in [0, 0.05) is 17.7 Å². The van der Waals surface area contributed by atoms with E-state index in [0.29, 0.717) is 30.3 Å². The summed E-state index contributed by atoms with van der Waals surface area (Å²) in [5.74, 6) is 2.08. The van der Waals surface area contributed by atoms with E-state index >= 15 is 0 Å². The first-order valence-corrected chi connectivity index (χ1v) is 11.0. The Labute approximate surface area is 188 Å². The van der Waals surface area contributed by atoms with Crippen LogP contribution in [0.25, 0.3) is 11.3 Å². The Balaban J connectivity index is 1.83. The van der Waals surface area contributed by atoms with Crippen LogP contribution in [0.3, 0.4) is 0 Å². The minimum absolute atomic E-state index is 0.0291. The lowest BCUT2D eigenvalue weighted by atomic mass is 9.95. The van der Waals surface area contributed by atoms with E-state index < -0.39 is 0 Å². The lowest BCUT2D eigenvalue weighted by Crippen LogP contribution is -2.30. The van der Waals surface area contributed by atoms with E-state index in [-0.39, 0.29) is 11.9 Å². The maximum atomic E-state index is 13.3. The quantitative estimate of drug-likeness (QED) is 0.521. The number of aromatic amines is 1. The van der Waals surface area contributed by atoms with Crippen LogP contribution in [0.1, 0.15) is 54.3 Å². The number of benzene rings is 2. The third-order valence-corrected chi connectivity index (χ3v) is 5.78. The minimum atomic E-state index is -0.260. The number of aromatic nitrogens is 2. The molecule has 2 heterocycles. The maximum absolute atomic E-state index is 13.3. The maximum Gasteiger partial charge on any atom is 0.273 e. The van der Waals surface area contributed by atoms with Crippen molar-refractivity contribution in [3.63, 3.8) is 0 Å². The van der Waals surface area contributed by atoms with Crippen molar-refractivity contribution in [2.45, 2.75) is 32.7 Å². The van der Waals surface area contributed by atoms with Gasteiger partial charge in [0.05, 0.1) is 32.6 Å². The number of rotatable bonds is 9. The molecule has 1 amide bonds. The van der Waals surface area contributed by atoms with Gasteiger partial charge in [-0.3, -0.25) is 9.89 Å². The molecule has 1 N–H and O–H groups in total. The van der Waals surface area contributed by atoms with E-state index in [4.69, 9.17) is 14.2 Å². The van der Waals surface area contributed by atoms with Crippen molar-refractivity contribution < 1.29 is 19.0 Å². The van der Waals surface area contributed by atoms with Crippen molar-refractivity contribution in [3.8, 4) is 28.5 Å². The molecule has 0 fully saturated rings. The number of carbonyl (C=O) groups is 1. The number of hydrogen-bond acceptors (Lipinski definition) is 5. The van der Waals surface area contributed by atoms with Crippen LogP contribution in [0.4, 0.5) is 0 Å². The van der Waals surface area contributed by atoms with Crippen LogP contribution in [-0.2, 0) is 0 Å². The average Bonchev–Trinajstić information content (AvgIpc) is 3.37. The second-order valence-corrected chi connectivity index (χ2v) is 7.69. The SMILES string of the molecule is CCCCN1C(=O)c2[nH]nc(-c3ccc(OC)cc3)c2C1c1ccc(OCC)c(OC)c1. The Morgan fingerprint density at radius 3 is 2.47 bits per heavy atom. The Hall–Kier alpha value is -3.48. The van der Waals surface area contributed by atoms with E-state index in [0.717, 1.165) is 41.0 Å². The highest BCUT2D eigenvalue weighted by atomic mass is 16.5. The Morgan fingerprint density at radius 2 is 1.81 bits per heavy atom. The number of amides is 1. The van der Waals surface area contributed by atoms with Crippen molar-refractivity contribution in [1.82, 2.24) is 15.1 Å². The second-order valence-electron chi connectivity index (χ2n) is 7.69. The van der Waals surface area contributed by atoms with Gasteiger partial charge >= 0.3 is 0 Å². The normalized spacial score (nSPS) is 15.1. The van der Waals surface area contributed by atoms with E-state index in [1.54, 1.807) is 14.2 Å². The van der Waals surface area contributed by atoms with Crippen LogP contribution < -0.4 is 14.2 Å². The predicted octanol–water partition coefficient (Wildman–Crippen LogP) is 4.84. The zero-order valence-corrected chi connectivity index (χ0v) is 19.0. The van der Waals surface area contributed by atoms with Gasteiger partial charge in [0.2, 0.25) is 0 Å².